The molecule has 0 radical (unpaired) electrons. The van der Waals surface area contributed by atoms with Crippen LogP contribution in [-0.4, -0.2) is 48.7 Å². The fraction of sp³-hybridized carbons (Fsp3) is 0.500. The predicted molar refractivity (Wildman–Crippen MR) is 104 cm³/mol. The fourth-order valence-corrected chi connectivity index (χ4v) is 2.26. The summed E-state index contributed by atoms with van der Waals surface area (Å²) < 4.78 is 15.1. The van der Waals surface area contributed by atoms with Crippen molar-refractivity contribution in [1.29, 1.82) is 0 Å². The lowest BCUT2D eigenvalue weighted by Gasteiger charge is -2.26. The molecule has 1 aromatic carbocycles. The van der Waals surface area contributed by atoms with Crippen LogP contribution in [0, 0.1) is 0 Å². The monoisotopic (exact) mass is 408 g/mol. The van der Waals surface area contributed by atoms with Gasteiger partial charge >= 0.3 is 18.2 Å². The van der Waals surface area contributed by atoms with Crippen molar-refractivity contribution in [3.8, 4) is 0 Å². The Labute approximate surface area is 170 Å². The maximum Gasteiger partial charge on any atom is 0.408 e. The van der Waals surface area contributed by atoms with E-state index in [-0.39, 0.29) is 19.6 Å². The van der Waals surface area contributed by atoms with Gasteiger partial charge in [-0.05, 0) is 33.3 Å². The summed E-state index contributed by atoms with van der Waals surface area (Å²) in [6.07, 6.45) is -1.64. The van der Waals surface area contributed by atoms with Crippen LogP contribution in [-0.2, 0) is 30.4 Å². The van der Waals surface area contributed by atoms with Crippen LogP contribution in [0.3, 0.4) is 0 Å². The number of hydrogen-bond acceptors (Lipinski definition) is 7. The van der Waals surface area contributed by atoms with Crippen molar-refractivity contribution in [2.24, 2.45) is 0 Å². The summed E-state index contributed by atoms with van der Waals surface area (Å²) in [7, 11) is 0. The first-order chi connectivity index (χ1) is 13.6. The molecule has 0 fully saturated rings. The molecule has 1 aromatic rings. The number of amides is 2. The molecule has 0 heterocycles. The number of nitrogens with one attached hydrogen (secondary N) is 2. The normalized spacial score (nSPS) is 12.8. The van der Waals surface area contributed by atoms with E-state index in [1.165, 1.54) is 0 Å². The SMILES string of the molecule is CCOC(=O)CC(NC(=O)OCc1ccccc1)C(C=O)NC(=O)OC(C)(C)C. The molecule has 0 aliphatic carbocycles. The van der Waals surface area contributed by atoms with Gasteiger partial charge in [-0.25, -0.2) is 9.59 Å². The van der Waals surface area contributed by atoms with Crippen LogP contribution in [0.1, 0.15) is 39.7 Å². The number of ether oxygens (including phenoxy) is 3. The van der Waals surface area contributed by atoms with E-state index >= 15 is 0 Å². The van der Waals surface area contributed by atoms with Gasteiger partial charge in [0.1, 0.15) is 24.5 Å². The third kappa shape index (κ3) is 10.1. The van der Waals surface area contributed by atoms with E-state index in [1.807, 2.05) is 6.07 Å². The van der Waals surface area contributed by atoms with Crippen LogP contribution in [0.2, 0.25) is 0 Å². The number of hydrogen-bond donors (Lipinski definition) is 2. The first kappa shape index (κ1) is 23.9. The summed E-state index contributed by atoms with van der Waals surface area (Å²) in [6, 6.07) is 6.68. The number of alkyl carbamates (subject to hydrolysis) is 2. The van der Waals surface area contributed by atoms with Crippen LogP contribution in [0.4, 0.5) is 9.59 Å². The number of aldehydes is 1. The molecule has 2 atom stereocenters. The van der Waals surface area contributed by atoms with Gasteiger partial charge < -0.3 is 29.6 Å². The number of carbonyl (C=O) groups excluding carboxylic acids is 4. The molecule has 2 N–H and O–H groups in total. The molecule has 0 saturated heterocycles. The van der Waals surface area contributed by atoms with Crippen molar-refractivity contribution in [3.63, 3.8) is 0 Å². The first-order valence-electron chi connectivity index (χ1n) is 9.22. The Kier molecular flexibility index (Phi) is 9.64. The van der Waals surface area contributed by atoms with Crippen molar-refractivity contribution in [1.82, 2.24) is 10.6 Å². The highest BCUT2D eigenvalue weighted by molar-refractivity contribution is 5.78. The van der Waals surface area contributed by atoms with Crippen molar-refractivity contribution in [3.05, 3.63) is 35.9 Å². The van der Waals surface area contributed by atoms with E-state index in [2.05, 4.69) is 10.6 Å². The number of carbonyl (C=O) groups is 4. The van der Waals surface area contributed by atoms with Crippen molar-refractivity contribution < 1.29 is 33.4 Å². The number of benzene rings is 1. The van der Waals surface area contributed by atoms with Crippen molar-refractivity contribution >= 4 is 24.4 Å². The standard InChI is InChI=1S/C20H28N2O7/c1-5-27-17(24)11-15(16(12-23)22-19(26)29-20(2,3)4)21-18(25)28-13-14-9-7-6-8-10-14/h6-10,12,15-16H,5,11,13H2,1-4H3,(H,21,25)(H,22,26). The van der Waals surface area contributed by atoms with Crippen molar-refractivity contribution in [2.45, 2.75) is 58.4 Å². The lowest BCUT2D eigenvalue weighted by Crippen LogP contribution is -2.54. The summed E-state index contributed by atoms with van der Waals surface area (Å²) in [5.41, 5.74) is -0.0145. The largest absolute Gasteiger partial charge is 0.466 e. The molecule has 0 spiro atoms. The Bertz CT molecular complexity index is 686. The van der Waals surface area contributed by atoms with E-state index in [9.17, 15) is 19.2 Å². The fourth-order valence-electron chi connectivity index (χ4n) is 2.26. The van der Waals surface area contributed by atoms with Gasteiger partial charge in [0.25, 0.3) is 0 Å². The minimum Gasteiger partial charge on any atom is -0.466 e. The van der Waals surface area contributed by atoms with Crippen LogP contribution in [0.15, 0.2) is 30.3 Å². The third-order valence-electron chi connectivity index (χ3n) is 3.47. The van der Waals surface area contributed by atoms with Gasteiger partial charge in [-0.2, -0.15) is 0 Å². The Morgan fingerprint density at radius 2 is 1.69 bits per heavy atom. The minimum absolute atomic E-state index is 0.00402. The molecule has 9 nitrogen and oxygen atoms in total. The first-order valence-corrected chi connectivity index (χ1v) is 9.22. The molecule has 1 rings (SSSR count). The smallest absolute Gasteiger partial charge is 0.408 e. The number of rotatable bonds is 9. The van der Waals surface area contributed by atoms with Gasteiger partial charge in [-0.3, -0.25) is 4.79 Å². The zero-order valence-corrected chi connectivity index (χ0v) is 17.1. The molecule has 0 saturated carbocycles. The maximum absolute atomic E-state index is 12.2. The third-order valence-corrected chi connectivity index (χ3v) is 3.47. The zero-order chi connectivity index (χ0) is 21.9. The van der Waals surface area contributed by atoms with Gasteiger partial charge in [0.05, 0.1) is 19.1 Å². The van der Waals surface area contributed by atoms with Crippen LogP contribution < -0.4 is 10.6 Å². The van der Waals surface area contributed by atoms with Crippen LogP contribution in [0.5, 0.6) is 0 Å². The molecule has 2 unspecified atom stereocenters. The molecule has 2 amide bonds. The molecule has 9 heteroatoms. The van der Waals surface area contributed by atoms with Gasteiger partial charge in [0.15, 0.2) is 0 Å². The summed E-state index contributed by atoms with van der Waals surface area (Å²) in [6.45, 7) is 6.76. The summed E-state index contributed by atoms with van der Waals surface area (Å²) in [4.78, 5) is 47.6. The quantitative estimate of drug-likeness (QED) is 0.365. The summed E-state index contributed by atoms with van der Waals surface area (Å²) in [5.74, 6) is -0.640. The lowest BCUT2D eigenvalue weighted by molar-refractivity contribution is -0.143. The molecule has 0 aliphatic heterocycles. The molecular weight excluding hydrogens is 380 g/mol. The van der Waals surface area contributed by atoms with E-state index in [0.29, 0.717) is 6.29 Å². The Morgan fingerprint density at radius 3 is 2.24 bits per heavy atom. The average molecular weight is 408 g/mol. The highest BCUT2D eigenvalue weighted by Crippen LogP contribution is 2.09. The second-order valence-corrected chi connectivity index (χ2v) is 7.13. The Balaban J connectivity index is 2.78. The molecule has 0 aliphatic rings. The summed E-state index contributed by atoms with van der Waals surface area (Å²) in [5, 5.41) is 4.77. The Morgan fingerprint density at radius 1 is 1.03 bits per heavy atom. The lowest BCUT2D eigenvalue weighted by atomic mass is 10.1. The van der Waals surface area contributed by atoms with Gasteiger partial charge in [-0.15, -0.1) is 0 Å². The molecule has 0 aromatic heterocycles. The molecule has 29 heavy (non-hydrogen) atoms. The average Bonchev–Trinajstić information content (AvgIpc) is 2.63. The Hall–Kier alpha value is -3.10. The van der Waals surface area contributed by atoms with Gasteiger partial charge in [0.2, 0.25) is 0 Å². The topological polar surface area (TPSA) is 120 Å². The van der Waals surface area contributed by atoms with Crippen molar-refractivity contribution in [2.75, 3.05) is 6.61 Å². The highest BCUT2D eigenvalue weighted by atomic mass is 16.6. The van der Waals surface area contributed by atoms with Gasteiger partial charge in [-0.1, -0.05) is 30.3 Å². The van der Waals surface area contributed by atoms with Crippen LogP contribution >= 0.6 is 0 Å². The minimum atomic E-state index is -1.22. The van der Waals surface area contributed by atoms with Crippen LogP contribution in [0.25, 0.3) is 0 Å². The predicted octanol–water partition coefficient (Wildman–Crippen LogP) is 2.33. The second-order valence-electron chi connectivity index (χ2n) is 7.13. The highest BCUT2D eigenvalue weighted by Gasteiger charge is 2.29. The number of esters is 1. The summed E-state index contributed by atoms with van der Waals surface area (Å²) >= 11 is 0. The molecule has 160 valence electrons. The van der Waals surface area contributed by atoms with E-state index in [4.69, 9.17) is 14.2 Å². The van der Waals surface area contributed by atoms with Gasteiger partial charge in [0, 0.05) is 0 Å². The zero-order valence-electron chi connectivity index (χ0n) is 17.1. The molecular formula is C20H28N2O7. The molecule has 0 bridgehead atoms. The van der Waals surface area contributed by atoms with E-state index in [0.717, 1.165) is 5.56 Å². The van der Waals surface area contributed by atoms with E-state index in [1.54, 1.807) is 52.0 Å². The second kappa shape index (κ2) is 11.7. The maximum atomic E-state index is 12.2. The van der Waals surface area contributed by atoms with E-state index < -0.39 is 35.8 Å².